The molecule has 2 aromatic rings. The fraction of sp³-hybridized carbons (Fsp3) is 0.500. The molecule has 138 valence electrons. The van der Waals surface area contributed by atoms with Crippen molar-refractivity contribution in [1.29, 1.82) is 0 Å². The van der Waals surface area contributed by atoms with E-state index in [0.717, 1.165) is 0 Å². The van der Waals surface area contributed by atoms with Crippen LogP contribution in [0.2, 0.25) is 0 Å². The molecule has 0 saturated heterocycles. The van der Waals surface area contributed by atoms with Crippen molar-refractivity contribution in [3.05, 3.63) is 28.2 Å². The molecule has 2 aromatic heterocycles. The van der Waals surface area contributed by atoms with Gasteiger partial charge >= 0.3 is 0 Å². The molecular formula is C16H19N5O5. The average Bonchev–Trinajstić information content (AvgIpc) is 3.00. The number of imidazole rings is 1. The number of H-pyrrole nitrogens is 1. The number of aromatic nitrogens is 4. The highest BCUT2D eigenvalue weighted by molar-refractivity contribution is 5.91. The van der Waals surface area contributed by atoms with E-state index in [1.807, 2.05) is 0 Å². The minimum Gasteiger partial charge on any atom is -0.508 e. The number of rotatable bonds is 4. The Hall–Kier alpha value is -2.88. The van der Waals surface area contributed by atoms with Crippen LogP contribution >= 0.6 is 0 Å². The van der Waals surface area contributed by atoms with E-state index in [4.69, 9.17) is 4.74 Å². The number of fused-ring (bicyclic) bond motifs is 1. The maximum atomic E-state index is 12.2. The van der Waals surface area contributed by atoms with Crippen molar-refractivity contribution in [2.75, 3.05) is 5.32 Å². The maximum absolute atomic E-state index is 12.2. The van der Waals surface area contributed by atoms with Gasteiger partial charge in [0.2, 0.25) is 11.9 Å². The predicted molar refractivity (Wildman–Crippen MR) is 90.2 cm³/mol. The summed E-state index contributed by atoms with van der Waals surface area (Å²) in [6.07, 6.45) is 1.91. The van der Waals surface area contributed by atoms with Gasteiger partial charge < -0.3 is 14.9 Å². The highest BCUT2D eigenvalue weighted by atomic mass is 16.5. The van der Waals surface area contributed by atoms with Gasteiger partial charge in [-0.2, -0.15) is 4.98 Å². The third-order valence-electron chi connectivity index (χ3n) is 4.54. The lowest BCUT2D eigenvalue weighted by atomic mass is 10.2. The first-order valence-corrected chi connectivity index (χ1v) is 8.38. The SMILES string of the molecule is CC(C)C(=O)Nc1nc2c(ncn2[C@H]2CC(O)=C(C3(O)CC3)O2)c(=O)[nH]1. The van der Waals surface area contributed by atoms with Crippen LogP contribution in [-0.4, -0.2) is 41.2 Å². The number of carbonyl (C=O) groups is 1. The Morgan fingerprint density at radius 1 is 1.50 bits per heavy atom. The Morgan fingerprint density at radius 2 is 2.23 bits per heavy atom. The first-order chi connectivity index (χ1) is 12.3. The van der Waals surface area contributed by atoms with Crippen LogP contribution in [0.3, 0.4) is 0 Å². The number of carbonyl (C=O) groups excluding carboxylic acids is 1. The number of aliphatic hydroxyl groups excluding tert-OH is 1. The number of hydrogen-bond donors (Lipinski definition) is 4. The molecular weight excluding hydrogens is 342 g/mol. The first kappa shape index (κ1) is 16.6. The Morgan fingerprint density at radius 3 is 2.88 bits per heavy atom. The molecule has 1 aliphatic carbocycles. The lowest BCUT2D eigenvalue weighted by Gasteiger charge is -2.16. The summed E-state index contributed by atoms with van der Waals surface area (Å²) in [6.45, 7) is 3.45. The topological polar surface area (TPSA) is 142 Å². The second kappa shape index (κ2) is 5.56. The summed E-state index contributed by atoms with van der Waals surface area (Å²) in [4.78, 5) is 34.9. The minimum absolute atomic E-state index is 0.0131. The van der Waals surface area contributed by atoms with E-state index < -0.39 is 17.4 Å². The standard InChI is InChI=1S/C16H19N5O5/c1-7(2)13(23)19-15-18-12-10(14(24)20-15)17-6-21(12)9-5-8(22)11(26-9)16(25)3-4-16/h6-7,9,22,25H,3-5H2,1-2H3,(H2,18,19,20,23,24)/t9-/m1/s1. The monoisotopic (exact) mass is 361 g/mol. The van der Waals surface area contributed by atoms with Gasteiger partial charge in [0, 0.05) is 5.92 Å². The van der Waals surface area contributed by atoms with Gasteiger partial charge in [0.15, 0.2) is 23.2 Å². The molecule has 1 atom stereocenters. The third kappa shape index (κ3) is 2.62. The van der Waals surface area contributed by atoms with E-state index in [1.54, 1.807) is 13.8 Å². The molecule has 3 heterocycles. The van der Waals surface area contributed by atoms with Gasteiger partial charge in [-0.15, -0.1) is 0 Å². The molecule has 26 heavy (non-hydrogen) atoms. The highest BCUT2D eigenvalue weighted by Crippen LogP contribution is 2.49. The summed E-state index contributed by atoms with van der Waals surface area (Å²) in [5.74, 6) is -0.396. The van der Waals surface area contributed by atoms with E-state index in [0.29, 0.717) is 12.8 Å². The molecule has 0 bridgehead atoms. The first-order valence-electron chi connectivity index (χ1n) is 8.38. The molecule has 1 amide bonds. The van der Waals surface area contributed by atoms with Gasteiger partial charge in [-0.3, -0.25) is 24.5 Å². The summed E-state index contributed by atoms with van der Waals surface area (Å²) < 4.78 is 7.22. The van der Waals surface area contributed by atoms with Crippen molar-refractivity contribution in [3.63, 3.8) is 0 Å². The number of nitrogens with one attached hydrogen (secondary N) is 2. The van der Waals surface area contributed by atoms with Gasteiger partial charge in [-0.05, 0) is 12.8 Å². The normalized spacial score (nSPS) is 21.3. The number of amides is 1. The molecule has 0 spiro atoms. The number of aliphatic hydroxyl groups is 2. The minimum atomic E-state index is -1.10. The van der Waals surface area contributed by atoms with Crippen LogP contribution in [0.15, 0.2) is 22.6 Å². The number of nitrogens with zero attached hydrogens (tertiary/aromatic N) is 3. The lowest BCUT2D eigenvalue weighted by Crippen LogP contribution is -2.22. The van der Waals surface area contributed by atoms with Gasteiger partial charge in [-0.25, -0.2) is 4.98 Å². The summed E-state index contributed by atoms with van der Waals surface area (Å²) in [7, 11) is 0. The van der Waals surface area contributed by atoms with Crippen LogP contribution in [0.4, 0.5) is 5.95 Å². The Bertz CT molecular complexity index is 985. The van der Waals surface area contributed by atoms with Crippen molar-refractivity contribution in [2.45, 2.75) is 44.9 Å². The quantitative estimate of drug-likeness (QED) is 0.634. The fourth-order valence-electron chi connectivity index (χ4n) is 2.84. The van der Waals surface area contributed by atoms with E-state index in [9.17, 15) is 19.8 Å². The Balaban J connectivity index is 1.68. The predicted octanol–water partition coefficient (Wildman–Crippen LogP) is 0.927. The second-order valence-corrected chi connectivity index (χ2v) is 6.97. The molecule has 1 aliphatic heterocycles. The van der Waals surface area contributed by atoms with Crippen LogP contribution in [0.5, 0.6) is 0 Å². The largest absolute Gasteiger partial charge is 0.508 e. The molecule has 4 rings (SSSR count). The van der Waals surface area contributed by atoms with E-state index >= 15 is 0 Å². The molecule has 0 unspecified atom stereocenters. The molecule has 4 N–H and O–H groups in total. The smallest absolute Gasteiger partial charge is 0.280 e. The number of hydrogen-bond acceptors (Lipinski definition) is 7. The second-order valence-electron chi connectivity index (χ2n) is 6.97. The number of ether oxygens (including phenoxy) is 1. The molecule has 2 aliphatic rings. The number of aromatic amines is 1. The van der Waals surface area contributed by atoms with Crippen LogP contribution in [0.1, 0.15) is 39.3 Å². The van der Waals surface area contributed by atoms with E-state index in [1.165, 1.54) is 10.9 Å². The average molecular weight is 361 g/mol. The molecule has 10 heteroatoms. The van der Waals surface area contributed by atoms with Crippen molar-refractivity contribution in [3.8, 4) is 0 Å². The van der Waals surface area contributed by atoms with Gasteiger partial charge in [0.25, 0.3) is 5.56 Å². The zero-order chi connectivity index (χ0) is 18.6. The summed E-state index contributed by atoms with van der Waals surface area (Å²) in [5.41, 5.74) is -1.29. The maximum Gasteiger partial charge on any atom is 0.280 e. The van der Waals surface area contributed by atoms with Crippen molar-refractivity contribution < 1.29 is 19.7 Å². The summed E-state index contributed by atoms with van der Waals surface area (Å²) in [5, 5.41) is 22.8. The van der Waals surface area contributed by atoms with Crippen molar-refractivity contribution in [1.82, 2.24) is 19.5 Å². The number of anilines is 1. The zero-order valence-electron chi connectivity index (χ0n) is 14.3. The molecule has 10 nitrogen and oxygen atoms in total. The van der Waals surface area contributed by atoms with E-state index in [2.05, 4.69) is 20.3 Å². The highest BCUT2D eigenvalue weighted by Gasteiger charge is 2.51. The van der Waals surface area contributed by atoms with Crippen LogP contribution in [-0.2, 0) is 9.53 Å². The van der Waals surface area contributed by atoms with Crippen LogP contribution in [0, 0.1) is 5.92 Å². The molecule has 0 aromatic carbocycles. The van der Waals surface area contributed by atoms with Crippen molar-refractivity contribution >= 4 is 23.0 Å². The summed E-state index contributed by atoms with van der Waals surface area (Å²) >= 11 is 0. The van der Waals surface area contributed by atoms with Gasteiger partial charge in [-0.1, -0.05) is 13.8 Å². The Kier molecular flexibility index (Phi) is 3.55. The van der Waals surface area contributed by atoms with Crippen LogP contribution in [0.25, 0.3) is 11.2 Å². The van der Waals surface area contributed by atoms with Gasteiger partial charge in [0.1, 0.15) is 17.7 Å². The molecule has 1 fully saturated rings. The van der Waals surface area contributed by atoms with Crippen molar-refractivity contribution in [2.24, 2.45) is 5.92 Å². The van der Waals surface area contributed by atoms with E-state index in [-0.39, 0.29) is 46.9 Å². The zero-order valence-corrected chi connectivity index (χ0v) is 14.3. The fourth-order valence-corrected chi connectivity index (χ4v) is 2.84. The van der Waals surface area contributed by atoms with Crippen LogP contribution < -0.4 is 10.9 Å². The Labute approximate surface area is 147 Å². The molecule has 1 saturated carbocycles. The lowest BCUT2D eigenvalue weighted by molar-refractivity contribution is -0.118. The molecule has 0 radical (unpaired) electrons. The van der Waals surface area contributed by atoms with Gasteiger partial charge in [0.05, 0.1) is 6.42 Å². The third-order valence-corrected chi connectivity index (χ3v) is 4.54. The summed E-state index contributed by atoms with van der Waals surface area (Å²) in [6, 6.07) is 0.